The second kappa shape index (κ2) is 9.98. The Hall–Kier alpha value is -3.48. The van der Waals surface area contributed by atoms with Crippen LogP contribution >= 0.6 is 11.3 Å². The average molecular weight is 492 g/mol. The van der Waals surface area contributed by atoms with Gasteiger partial charge in [0.05, 0.1) is 22.2 Å². The lowest BCUT2D eigenvalue weighted by Crippen LogP contribution is -2.31. The number of aryl methyl sites for hydroxylation is 1. The number of hydrogen-bond acceptors (Lipinski definition) is 8. The molecule has 174 valence electrons. The maximum absolute atomic E-state index is 12.4. The first-order chi connectivity index (χ1) is 15.5. The van der Waals surface area contributed by atoms with Gasteiger partial charge in [-0.3, -0.25) is 9.59 Å². The number of amides is 2. The lowest BCUT2D eigenvalue weighted by atomic mass is 10.1. The number of benzene rings is 1. The SMILES string of the molecule is Cc1cc(NC(=O)c2ccco2)sc1C(=O)OCC(=O)NC(C)c1ccc(S(N)(=O)=O)cc1. The van der Waals surface area contributed by atoms with Gasteiger partial charge in [-0.1, -0.05) is 12.1 Å². The molecule has 0 radical (unpaired) electrons. The van der Waals surface area contributed by atoms with E-state index in [9.17, 15) is 22.8 Å². The highest BCUT2D eigenvalue weighted by Gasteiger charge is 2.19. The van der Waals surface area contributed by atoms with E-state index in [-0.39, 0.29) is 15.5 Å². The van der Waals surface area contributed by atoms with Crippen molar-refractivity contribution < 1.29 is 32.0 Å². The van der Waals surface area contributed by atoms with Gasteiger partial charge in [-0.05, 0) is 55.3 Å². The smallest absolute Gasteiger partial charge is 0.349 e. The van der Waals surface area contributed by atoms with Crippen LogP contribution in [0.3, 0.4) is 0 Å². The van der Waals surface area contributed by atoms with E-state index in [0.717, 1.165) is 11.3 Å². The summed E-state index contributed by atoms with van der Waals surface area (Å²) in [6.45, 7) is 2.87. The van der Waals surface area contributed by atoms with Crippen molar-refractivity contribution >= 4 is 44.1 Å². The van der Waals surface area contributed by atoms with Gasteiger partial charge in [-0.15, -0.1) is 11.3 Å². The molecule has 4 N–H and O–H groups in total. The summed E-state index contributed by atoms with van der Waals surface area (Å²) in [5, 5.41) is 10.8. The minimum atomic E-state index is -3.80. The molecule has 0 spiro atoms. The van der Waals surface area contributed by atoms with E-state index in [1.54, 1.807) is 26.0 Å². The number of hydrogen-bond donors (Lipinski definition) is 3. The van der Waals surface area contributed by atoms with Crippen LogP contribution in [0.15, 0.2) is 58.0 Å². The molecule has 2 aromatic heterocycles. The third-order valence-electron chi connectivity index (χ3n) is 4.51. The minimum absolute atomic E-state index is 0.0373. The quantitative estimate of drug-likeness (QED) is 0.409. The number of carbonyl (C=O) groups is 3. The van der Waals surface area contributed by atoms with Crippen LogP contribution in [0.5, 0.6) is 0 Å². The molecule has 10 nitrogen and oxygen atoms in total. The molecule has 1 unspecified atom stereocenters. The first-order valence-electron chi connectivity index (χ1n) is 9.59. The number of anilines is 1. The topological polar surface area (TPSA) is 158 Å². The van der Waals surface area contributed by atoms with Crippen LogP contribution in [0.4, 0.5) is 5.00 Å². The van der Waals surface area contributed by atoms with Gasteiger partial charge in [0.25, 0.3) is 11.8 Å². The summed E-state index contributed by atoms with van der Waals surface area (Å²) in [5.41, 5.74) is 1.23. The van der Waals surface area contributed by atoms with Gasteiger partial charge in [0.1, 0.15) is 4.88 Å². The number of primary sulfonamides is 1. The van der Waals surface area contributed by atoms with Crippen molar-refractivity contribution in [2.24, 2.45) is 5.14 Å². The highest BCUT2D eigenvalue weighted by atomic mass is 32.2. The van der Waals surface area contributed by atoms with Crippen LogP contribution in [0, 0.1) is 6.92 Å². The Bertz CT molecular complexity index is 1260. The van der Waals surface area contributed by atoms with E-state index in [1.165, 1.54) is 36.6 Å². The van der Waals surface area contributed by atoms with E-state index in [2.05, 4.69) is 10.6 Å². The summed E-state index contributed by atoms with van der Waals surface area (Å²) in [7, 11) is -3.80. The molecule has 1 aromatic carbocycles. The molecule has 33 heavy (non-hydrogen) atoms. The lowest BCUT2D eigenvalue weighted by molar-refractivity contribution is -0.124. The van der Waals surface area contributed by atoms with Crippen LogP contribution in [0.25, 0.3) is 0 Å². The van der Waals surface area contributed by atoms with Crippen LogP contribution in [-0.2, 0) is 19.6 Å². The highest BCUT2D eigenvalue weighted by Crippen LogP contribution is 2.28. The number of nitrogens with one attached hydrogen (secondary N) is 2. The largest absolute Gasteiger partial charge is 0.459 e. The predicted octanol–water partition coefficient (Wildman–Crippen LogP) is 2.58. The zero-order valence-electron chi connectivity index (χ0n) is 17.7. The highest BCUT2D eigenvalue weighted by molar-refractivity contribution is 7.89. The van der Waals surface area contributed by atoms with Crippen LogP contribution in [0.2, 0.25) is 0 Å². The maximum Gasteiger partial charge on any atom is 0.349 e. The fourth-order valence-corrected chi connectivity index (χ4v) is 4.31. The van der Waals surface area contributed by atoms with Gasteiger partial charge in [0.2, 0.25) is 10.0 Å². The van der Waals surface area contributed by atoms with E-state index in [0.29, 0.717) is 16.1 Å². The van der Waals surface area contributed by atoms with E-state index in [1.807, 2.05) is 0 Å². The summed E-state index contributed by atoms with van der Waals surface area (Å²) < 4.78 is 32.8. The van der Waals surface area contributed by atoms with E-state index >= 15 is 0 Å². The van der Waals surface area contributed by atoms with Crippen molar-refractivity contribution in [3.8, 4) is 0 Å². The van der Waals surface area contributed by atoms with E-state index < -0.39 is 40.5 Å². The lowest BCUT2D eigenvalue weighted by Gasteiger charge is -2.14. The molecule has 3 rings (SSSR count). The second-order valence-electron chi connectivity index (χ2n) is 7.03. The summed E-state index contributed by atoms with van der Waals surface area (Å²) in [6, 6.07) is 10.0. The molecule has 2 amide bonds. The number of ether oxygens (including phenoxy) is 1. The number of sulfonamides is 1. The summed E-state index contributed by atoms with van der Waals surface area (Å²) in [6.07, 6.45) is 1.38. The fraction of sp³-hybridized carbons (Fsp3) is 0.190. The summed E-state index contributed by atoms with van der Waals surface area (Å²) >= 11 is 1.02. The first-order valence-corrected chi connectivity index (χ1v) is 12.0. The molecule has 0 aliphatic carbocycles. The third kappa shape index (κ3) is 6.28. The Morgan fingerprint density at radius 1 is 1.18 bits per heavy atom. The zero-order chi connectivity index (χ0) is 24.2. The predicted molar refractivity (Wildman–Crippen MR) is 120 cm³/mol. The van der Waals surface area contributed by atoms with Crippen molar-refractivity contribution in [1.29, 1.82) is 0 Å². The normalized spacial score (nSPS) is 12.1. The van der Waals surface area contributed by atoms with Gasteiger partial charge in [-0.2, -0.15) is 0 Å². The standard InChI is InChI=1S/C21H21N3O7S2/c1-12-10-18(24-20(26)16-4-3-9-30-16)32-19(12)21(27)31-11-17(25)23-13(2)14-5-7-15(8-6-14)33(22,28)29/h3-10,13H,11H2,1-2H3,(H,23,25)(H,24,26)(H2,22,28,29). The van der Waals surface area contributed by atoms with Gasteiger partial charge in [0.15, 0.2) is 12.4 Å². The molecule has 0 saturated heterocycles. The Balaban J connectivity index is 1.53. The molecule has 2 heterocycles. The molecule has 0 bridgehead atoms. The number of furan rings is 1. The summed E-state index contributed by atoms with van der Waals surface area (Å²) in [5.74, 6) is -1.55. The molecule has 0 saturated carbocycles. The molecular weight excluding hydrogens is 470 g/mol. The van der Waals surface area contributed by atoms with Crippen molar-refractivity contribution in [1.82, 2.24) is 5.32 Å². The number of carbonyl (C=O) groups excluding carboxylic acids is 3. The number of nitrogens with two attached hydrogens (primary N) is 1. The molecule has 12 heteroatoms. The van der Waals surface area contributed by atoms with Crippen LogP contribution < -0.4 is 15.8 Å². The van der Waals surface area contributed by atoms with Crippen molar-refractivity contribution in [3.05, 3.63) is 70.5 Å². The molecule has 0 fully saturated rings. The van der Waals surface area contributed by atoms with Crippen molar-refractivity contribution in [2.45, 2.75) is 24.8 Å². The van der Waals surface area contributed by atoms with Crippen LogP contribution in [0.1, 0.15) is 44.3 Å². The molecule has 1 atom stereocenters. The van der Waals surface area contributed by atoms with E-state index in [4.69, 9.17) is 14.3 Å². The van der Waals surface area contributed by atoms with Crippen LogP contribution in [-0.4, -0.2) is 32.8 Å². The van der Waals surface area contributed by atoms with Crippen molar-refractivity contribution in [3.63, 3.8) is 0 Å². The molecule has 0 aliphatic heterocycles. The number of rotatable bonds is 8. The second-order valence-corrected chi connectivity index (χ2v) is 9.65. The summed E-state index contributed by atoms with van der Waals surface area (Å²) in [4.78, 5) is 36.9. The third-order valence-corrected chi connectivity index (χ3v) is 6.57. The monoisotopic (exact) mass is 491 g/mol. The number of thiophene rings is 1. The molecular formula is C21H21N3O7S2. The Morgan fingerprint density at radius 2 is 1.88 bits per heavy atom. The maximum atomic E-state index is 12.4. The minimum Gasteiger partial charge on any atom is -0.459 e. The Morgan fingerprint density at radius 3 is 2.48 bits per heavy atom. The van der Waals surface area contributed by atoms with Gasteiger partial charge >= 0.3 is 5.97 Å². The van der Waals surface area contributed by atoms with Gasteiger partial charge < -0.3 is 19.8 Å². The molecule has 3 aromatic rings. The first kappa shape index (κ1) is 24.2. The molecule has 0 aliphatic rings. The Kier molecular flexibility index (Phi) is 7.31. The average Bonchev–Trinajstić information content (AvgIpc) is 3.41. The Labute approximate surface area is 193 Å². The fourth-order valence-electron chi connectivity index (χ4n) is 2.84. The van der Waals surface area contributed by atoms with Crippen molar-refractivity contribution in [2.75, 3.05) is 11.9 Å². The number of esters is 1. The van der Waals surface area contributed by atoms with Gasteiger partial charge in [-0.25, -0.2) is 18.4 Å². The zero-order valence-corrected chi connectivity index (χ0v) is 19.3. The van der Waals surface area contributed by atoms with Gasteiger partial charge in [0, 0.05) is 0 Å².